The number of hydrogen-bond acceptors (Lipinski definition) is 2. The van der Waals surface area contributed by atoms with E-state index in [2.05, 4.69) is 24.5 Å². The molecule has 96 valence electrons. The Balaban J connectivity index is 3.86. The smallest absolute Gasteiger partial charge is 0.234 e. The van der Waals surface area contributed by atoms with Crippen LogP contribution in [0.2, 0.25) is 0 Å². The molecule has 0 aromatic heterocycles. The summed E-state index contributed by atoms with van der Waals surface area (Å²) in [6, 6.07) is 0.487. The molecule has 16 heavy (non-hydrogen) atoms. The maximum atomic E-state index is 11.6. The molecular weight excluding hydrogens is 200 g/mol. The van der Waals surface area contributed by atoms with Gasteiger partial charge in [0.05, 0.1) is 6.54 Å². The predicted molar refractivity (Wildman–Crippen MR) is 69.5 cm³/mol. The van der Waals surface area contributed by atoms with E-state index in [1.54, 1.807) is 0 Å². The van der Waals surface area contributed by atoms with Gasteiger partial charge in [-0.3, -0.25) is 4.79 Å². The van der Waals surface area contributed by atoms with E-state index < -0.39 is 0 Å². The van der Waals surface area contributed by atoms with Gasteiger partial charge in [-0.15, -0.1) is 0 Å². The van der Waals surface area contributed by atoms with Crippen LogP contribution >= 0.6 is 0 Å². The minimum absolute atomic E-state index is 0.0877. The summed E-state index contributed by atoms with van der Waals surface area (Å²) in [5.74, 6) is 0.0877. The van der Waals surface area contributed by atoms with Gasteiger partial charge in [0.25, 0.3) is 0 Å². The summed E-state index contributed by atoms with van der Waals surface area (Å²) >= 11 is 0. The zero-order valence-corrected chi connectivity index (χ0v) is 11.5. The Kier molecular flexibility index (Phi) is 7.39. The van der Waals surface area contributed by atoms with Gasteiger partial charge in [0.2, 0.25) is 5.91 Å². The number of nitrogens with one attached hydrogen (secondary N) is 2. The second kappa shape index (κ2) is 7.66. The molecule has 0 aromatic rings. The largest absolute Gasteiger partial charge is 0.350 e. The van der Waals surface area contributed by atoms with Crippen LogP contribution < -0.4 is 10.6 Å². The average Bonchev–Trinajstić information content (AvgIpc) is 2.12. The Morgan fingerprint density at radius 3 is 2.00 bits per heavy atom. The predicted octanol–water partition coefficient (Wildman–Crippen LogP) is 2.46. The van der Waals surface area contributed by atoms with E-state index in [1.165, 1.54) is 12.8 Å². The molecule has 0 heterocycles. The van der Waals surface area contributed by atoms with Gasteiger partial charge in [0.15, 0.2) is 0 Å². The molecule has 0 fully saturated rings. The molecule has 0 bridgehead atoms. The van der Waals surface area contributed by atoms with E-state index in [0.717, 1.165) is 12.8 Å². The average molecular weight is 228 g/mol. The van der Waals surface area contributed by atoms with Crippen LogP contribution in [0.15, 0.2) is 0 Å². The zero-order chi connectivity index (χ0) is 12.6. The van der Waals surface area contributed by atoms with Crippen molar-refractivity contribution in [3.63, 3.8) is 0 Å². The fraction of sp³-hybridized carbons (Fsp3) is 0.923. The molecule has 0 aliphatic carbocycles. The van der Waals surface area contributed by atoms with E-state index in [9.17, 15) is 4.79 Å². The van der Waals surface area contributed by atoms with Crippen molar-refractivity contribution >= 4 is 5.91 Å². The molecule has 0 atom stereocenters. The van der Waals surface area contributed by atoms with Gasteiger partial charge < -0.3 is 10.6 Å². The topological polar surface area (TPSA) is 41.1 Å². The number of carbonyl (C=O) groups excluding carboxylic acids is 1. The van der Waals surface area contributed by atoms with Crippen molar-refractivity contribution < 1.29 is 4.79 Å². The highest BCUT2D eigenvalue weighted by atomic mass is 16.2. The summed E-state index contributed by atoms with van der Waals surface area (Å²) in [6.07, 6.45) is 4.63. The highest BCUT2D eigenvalue weighted by Crippen LogP contribution is 2.04. The van der Waals surface area contributed by atoms with Crippen molar-refractivity contribution in [3.05, 3.63) is 0 Å². The molecule has 1 amide bonds. The van der Waals surface area contributed by atoms with E-state index in [0.29, 0.717) is 12.6 Å². The fourth-order valence-electron chi connectivity index (χ4n) is 1.74. The Morgan fingerprint density at radius 2 is 1.62 bits per heavy atom. The van der Waals surface area contributed by atoms with Gasteiger partial charge in [0, 0.05) is 11.6 Å². The van der Waals surface area contributed by atoms with E-state index in [4.69, 9.17) is 0 Å². The Hall–Kier alpha value is -0.570. The third kappa shape index (κ3) is 8.72. The third-order valence-electron chi connectivity index (χ3n) is 2.34. The van der Waals surface area contributed by atoms with Crippen molar-refractivity contribution in [2.75, 3.05) is 6.54 Å². The van der Waals surface area contributed by atoms with Gasteiger partial charge in [-0.1, -0.05) is 26.7 Å². The third-order valence-corrected chi connectivity index (χ3v) is 2.34. The first-order chi connectivity index (χ1) is 7.39. The lowest BCUT2D eigenvalue weighted by Crippen LogP contribution is -2.46. The zero-order valence-electron chi connectivity index (χ0n) is 11.5. The normalized spacial score (nSPS) is 11.9. The number of hydrogen-bond donors (Lipinski definition) is 2. The first-order valence-electron chi connectivity index (χ1n) is 6.43. The molecular formula is C13H28N2O. The standard InChI is InChI=1S/C13H28N2O/c1-6-8-11(9-7-2)14-10-12(16)15-13(3,4)5/h11,14H,6-10H2,1-5H3,(H,15,16). The van der Waals surface area contributed by atoms with Crippen LogP contribution in [0.4, 0.5) is 0 Å². The molecule has 0 saturated carbocycles. The highest BCUT2D eigenvalue weighted by Gasteiger charge is 2.14. The fourth-order valence-corrected chi connectivity index (χ4v) is 1.74. The lowest BCUT2D eigenvalue weighted by Gasteiger charge is -2.22. The van der Waals surface area contributed by atoms with Crippen LogP contribution in [0.25, 0.3) is 0 Å². The molecule has 3 heteroatoms. The van der Waals surface area contributed by atoms with Crippen molar-refractivity contribution in [1.29, 1.82) is 0 Å². The van der Waals surface area contributed by atoms with Crippen LogP contribution in [0.1, 0.15) is 60.3 Å². The van der Waals surface area contributed by atoms with Crippen LogP contribution in [0.5, 0.6) is 0 Å². The van der Waals surface area contributed by atoms with Crippen molar-refractivity contribution in [2.45, 2.75) is 71.9 Å². The minimum atomic E-state index is -0.135. The lowest BCUT2D eigenvalue weighted by atomic mass is 10.1. The molecule has 0 aliphatic rings. The van der Waals surface area contributed by atoms with Gasteiger partial charge >= 0.3 is 0 Å². The maximum Gasteiger partial charge on any atom is 0.234 e. The highest BCUT2D eigenvalue weighted by molar-refractivity contribution is 5.78. The molecule has 0 spiro atoms. The molecule has 0 aromatic carbocycles. The quantitative estimate of drug-likeness (QED) is 0.703. The molecule has 0 saturated heterocycles. The van der Waals surface area contributed by atoms with Gasteiger partial charge in [-0.05, 0) is 33.6 Å². The number of amides is 1. The Labute approximate surface area is 100 Å². The van der Waals surface area contributed by atoms with Gasteiger partial charge in [-0.2, -0.15) is 0 Å². The van der Waals surface area contributed by atoms with Crippen molar-refractivity contribution in [1.82, 2.24) is 10.6 Å². The Bertz CT molecular complexity index is 191. The summed E-state index contributed by atoms with van der Waals surface area (Å²) in [4.78, 5) is 11.6. The summed E-state index contributed by atoms with van der Waals surface area (Å²) < 4.78 is 0. The van der Waals surface area contributed by atoms with E-state index >= 15 is 0 Å². The number of rotatable bonds is 7. The minimum Gasteiger partial charge on any atom is -0.350 e. The molecule has 0 rings (SSSR count). The van der Waals surface area contributed by atoms with E-state index in [1.807, 2.05) is 20.8 Å². The molecule has 0 unspecified atom stereocenters. The van der Waals surface area contributed by atoms with Crippen LogP contribution in [-0.2, 0) is 4.79 Å². The van der Waals surface area contributed by atoms with Crippen molar-refractivity contribution in [3.8, 4) is 0 Å². The van der Waals surface area contributed by atoms with Crippen LogP contribution in [-0.4, -0.2) is 24.0 Å². The van der Waals surface area contributed by atoms with Crippen LogP contribution in [0.3, 0.4) is 0 Å². The second-order valence-electron chi connectivity index (χ2n) is 5.45. The van der Waals surface area contributed by atoms with E-state index in [-0.39, 0.29) is 11.4 Å². The monoisotopic (exact) mass is 228 g/mol. The second-order valence-corrected chi connectivity index (χ2v) is 5.45. The first kappa shape index (κ1) is 15.4. The lowest BCUT2D eigenvalue weighted by molar-refractivity contribution is -0.121. The summed E-state index contributed by atoms with van der Waals surface area (Å²) in [6.45, 7) is 10.8. The summed E-state index contributed by atoms with van der Waals surface area (Å²) in [7, 11) is 0. The Morgan fingerprint density at radius 1 is 1.12 bits per heavy atom. The van der Waals surface area contributed by atoms with Crippen LogP contribution in [0, 0.1) is 0 Å². The van der Waals surface area contributed by atoms with Gasteiger partial charge in [-0.25, -0.2) is 0 Å². The van der Waals surface area contributed by atoms with Crippen molar-refractivity contribution in [2.24, 2.45) is 0 Å². The summed E-state index contributed by atoms with van der Waals surface area (Å²) in [5.41, 5.74) is -0.135. The molecule has 0 aliphatic heterocycles. The van der Waals surface area contributed by atoms with Gasteiger partial charge in [0.1, 0.15) is 0 Å². The molecule has 3 nitrogen and oxygen atoms in total. The SMILES string of the molecule is CCCC(CCC)NCC(=O)NC(C)(C)C. The number of carbonyl (C=O) groups is 1. The first-order valence-corrected chi connectivity index (χ1v) is 6.43. The maximum absolute atomic E-state index is 11.6. The molecule has 2 N–H and O–H groups in total. The molecule has 0 radical (unpaired) electrons. The summed E-state index contributed by atoms with van der Waals surface area (Å²) in [5, 5.41) is 6.29.